The van der Waals surface area contributed by atoms with Crippen LogP contribution in [0.3, 0.4) is 0 Å². The summed E-state index contributed by atoms with van der Waals surface area (Å²) in [6.45, 7) is 1.02. The number of nitrogens with two attached hydrogens (primary N) is 1. The van der Waals surface area contributed by atoms with Crippen molar-refractivity contribution in [3.05, 3.63) is 23.8 Å². The Balaban J connectivity index is 2.22. The minimum Gasteiger partial charge on any atom is -0.497 e. The lowest BCUT2D eigenvalue weighted by Crippen LogP contribution is -2.33. The molecule has 2 rings (SSSR count). The minimum atomic E-state index is -0.124. The van der Waals surface area contributed by atoms with E-state index in [0.717, 1.165) is 0 Å². The summed E-state index contributed by atoms with van der Waals surface area (Å²) in [5, 5.41) is 0. The third-order valence-electron chi connectivity index (χ3n) is 3.24. The van der Waals surface area contributed by atoms with E-state index in [2.05, 4.69) is 5.92 Å². The van der Waals surface area contributed by atoms with Crippen molar-refractivity contribution in [1.29, 1.82) is 0 Å². The SMILES string of the molecule is C#CCN(CC1CC1)C(=O)c1cc(OC)ccc1N. The Kier molecular flexibility index (Phi) is 3.96. The van der Waals surface area contributed by atoms with Gasteiger partial charge in [-0.25, -0.2) is 0 Å². The Morgan fingerprint density at radius 3 is 2.89 bits per heavy atom. The van der Waals surface area contributed by atoms with Crippen LogP contribution in [0.5, 0.6) is 5.75 Å². The summed E-state index contributed by atoms with van der Waals surface area (Å²) in [6.07, 6.45) is 7.67. The van der Waals surface area contributed by atoms with E-state index in [1.165, 1.54) is 12.8 Å². The number of hydrogen-bond acceptors (Lipinski definition) is 3. The molecular formula is C15H18N2O2. The molecule has 0 atom stereocenters. The average molecular weight is 258 g/mol. The summed E-state index contributed by atoms with van der Waals surface area (Å²) in [5.41, 5.74) is 6.77. The number of nitrogens with zero attached hydrogens (tertiary/aromatic N) is 1. The molecule has 1 saturated carbocycles. The lowest BCUT2D eigenvalue weighted by atomic mass is 10.1. The van der Waals surface area contributed by atoms with Gasteiger partial charge in [0.25, 0.3) is 5.91 Å². The van der Waals surface area contributed by atoms with E-state index in [-0.39, 0.29) is 5.91 Å². The first-order valence-corrected chi connectivity index (χ1v) is 6.32. The van der Waals surface area contributed by atoms with Crippen LogP contribution >= 0.6 is 0 Å². The van der Waals surface area contributed by atoms with Crippen LogP contribution in [0, 0.1) is 18.3 Å². The molecule has 1 aliphatic carbocycles. The van der Waals surface area contributed by atoms with E-state index < -0.39 is 0 Å². The molecule has 0 spiro atoms. The number of anilines is 1. The molecule has 1 amide bonds. The van der Waals surface area contributed by atoms with Crippen molar-refractivity contribution in [3.8, 4) is 18.1 Å². The molecule has 19 heavy (non-hydrogen) atoms. The fraction of sp³-hybridized carbons (Fsp3) is 0.400. The van der Waals surface area contributed by atoms with Gasteiger partial charge in [-0.3, -0.25) is 4.79 Å². The van der Waals surface area contributed by atoms with Gasteiger partial charge in [0.2, 0.25) is 0 Å². The van der Waals surface area contributed by atoms with Crippen molar-refractivity contribution in [3.63, 3.8) is 0 Å². The topological polar surface area (TPSA) is 55.6 Å². The molecule has 0 heterocycles. The molecule has 1 aromatic rings. The molecule has 0 radical (unpaired) electrons. The smallest absolute Gasteiger partial charge is 0.256 e. The van der Waals surface area contributed by atoms with Gasteiger partial charge >= 0.3 is 0 Å². The van der Waals surface area contributed by atoms with Crippen molar-refractivity contribution in [1.82, 2.24) is 4.90 Å². The number of benzene rings is 1. The van der Waals surface area contributed by atoms with Gasteiger partial charge in [0.05, 0.1) is 19.2 Å². The van der Waals surface area contributed by atoms with Crippen molar-refractivity contribution < 1.29 is 9.53 Å². The van der Waals surface area contributed by atoms with Crippen LogP contribution in [0.1, 0.15) is 23.2 Å². The van der Waals surface area contributed by atoms with Crippen LogP contribution in [0.25, 0.3) is 0 Å². The van der Waals surface area contributed by atoms with E-state index in [9.17, 15) is 4.79 Å². The highest BCUT2D eigenvalue weighted by atomic mass is 16.5. The van der Waals surface area contributed by atoms with Crippen LogP contribution < -0.4 is 10.5 Å². The van der Waals surface area contributed by atoms with Crippen molar-refractivity contribution in [2.45, 2.75) is 12.8 Å². The first kappa shape index (κ1) is 13.3. The molecule has 4 nitrogen and oxygen atoms in total. The van der Waals surface area contributed by atoms with Gasteiger partial charge < -0.3 is 15.4 Å². The van der Waals surface area contributed by atoms with E-state index in [1.54, 1.807) is 30.2 Å². The van der Waals surface area contributed by atoms with Gasteiger partial charge in [0.15, 0.2) is 0 Å². The Bertz CT molecular complexity index is 515. The minimum absolute atomic E-state index is 0.124. The van der Waals surface area contributed by atoms with Gasteiger partial charge in [-0.2, -0.15) is 0 Å². The monoisotopic (exact) mass is 258 g/mol. The van der Waals surface area contributed by atoms with E-state index in [0.29, 0.717) is 36.0 Å². The van der Waals surface area contributed by atoms with E-state index in [1.807, 2.05) is 0 Å². The maximum Gasteiger partial charge on any atom is 0.256 e. The normalized spacial score (nSPS) is 13.7. The molecule has 0 aliphatic heterocycles. The molecule has 0 saturated heterocycles. The number of carbonyl (C=O) groups is 1. The number of methoxy groups -OCH3 is 1. The fourth-order valence-electron chi connectivity index (χ4n) is 1.96. The third-order valence-corrected chi connectivity index (χ3v) is 3.24. The highest BCUT2D eigenvalue weighted by molar-refractivity contribution is 5.99. The second-order valence-corrected chi connectivity index (χ2v) is 4.79. The summed E-state index contributed by atoms with van der Waals surface area (Å²) in [6, 6.07) is 5.07. The zero-order valence-corrected chi connectivity index (χ0v) is 11.1. The van der Waals surface area contributed by atoms with Crippen LogP contribution in [0.2, 0.25) is 0 Å². The second-order valence-electron chi connectivity index (χ2n) is 4.79. The van der Waals surface area contributed by atoms with Crippen LogP contribution in [0.15, 0.2) is 18.2 Å². The summed E-state index contributed by atoms with van der Waals surface area (Å²) in [5.74, 6) is 3.61. The van der Waals surface area contributed by atoms with E-state index >= 15 is 0 Å². The van der Waals surface area contributed by atoms with Gasteiger partial charge in [0, 0.05) is 12.2 Å². The molecule has 1 aromatic carbocycles. The Morgan fingerprint density at radius 2 is 2.32 bits per heavy atom. The highest BCUT2D eigenvalue weighted by Gasteiger charge is 2.27. The number of hydrogen-bond donors (Lipinski definition) is 1. The zero-order chi connectivity index (χ0) is 13.8. The quantitative estimate of drug-likeness (QED) is 0.647. The molecule has 4 heteroatoms. The van der Waals surface area contributed by atoms with E-state index in [4.69, 9.17) is 16.9 Å². The summed E-state index contributed by atoms with van der Waals surface area (Å²) in [7, 11) is 1.56. The summed E-state index contributed by atoms with van der Waals surface area (Å²) < 4.78 is 5.13. The van der Waals surface area contributed by atoms with Gasteiger partial charge in [-0.15, -0.1) is 6.42 Å². The van der Waals surface area contributed by atoms with Crippen molar-refractivity contribution >= 4 is 11.6 Å². The molecule has 0 unspecified atom stereocenters. The summed E-state index contributed by atoms with van der Waals surface area (Å²) in [4.78, 5) is 14.2. The number of rotatable bonds is 5. The van der Waals surface area contributed by atoms with Gasteiger partial charge in [-0.1, -0.05) is 5.92 Å². The Hall–Kier alpha value is -2.15. The predicted molar refractivity (Wildman–Crippen MR) is 74.9 cm³/mol. The largest absolute Gasteiger partial charge is 0.497 e. The second kappa shape index (κ2) is 5.66. The average Bonchev–Trinajstić information content (AvgIpc) is 3.22. The first-order valence-electron chi connectivity index (χ1n) is 6.32. The van der Waals surface area contributed by atoms with Gasteiger partial charge in [-0.05, 0) is 37.0 Å². The molecular weight excluding hydrogens is 240 g/mol. The predicted octanol–water partition coefficient (Wildman–Crippen LogP) is 1.76. The molecule has 0 aromatic heterocycles. The summed E-state index contributed by atoms with van der Waals surface area (Å²) >= 11 is 0. The standard InChI is InChI=1S/C15H18N2O2/c1-3-8-17(10-11-4-5-11)15(18)13-9-12(19-2)6-7-14(13)16/h1,6-7,9,11H,4-5,8,10,16H2,2H3. The zero-order valence-electron chi connectivity index (χ0n) is 11.1. The van der Waals surface area contributed by atoms with Crippen molar-refractivity contribution in [2.24, 2.45) is 5.92 Å². The van der Waals surface area contributed by atoms with Crippen LogP contribution in [0.4, 0.5) is 5.69 Å². The number of nitrogen functional groups attached to an aromatic ring is 1. The lowest BCUT2D eigenvalue weighted by Gasteiger charge is -2.21. The number of carbonyl (C=O) groups excluding carboxylic acids is 1. The van der Waals surface area contributed by atoms with Crippen LogP contribution in [-0.4, -0.2) is 31.0 Å². The molecule has 1 aliphatic rings. The molecule has 1 fully saturated rings. The number of terminal acetylenes is 1. The molecule has 0 bridgehead atoms. The lowest BCUT2D eigenvalue weighted by molar-refractivity contribution is 0.0770. The van der Waals surface area contributed by atoms with Crippen molar-refractivity contribution in [2.75, 3.05) is 25.9 Å². The third kappa shape index (κ3) is 3.19. The maximum absolute atomic E-state index is 12.5. The highest BCUT2D eigenvalue weighted by Crippen LogP contribution is 2.30. The molecule has 100 valence electrons. The molecule has 2 N–H and O–H groups in total. The van der Waals surface area contributed by atoms with Gasteiger partial charge in [0.1, 0.15) is 5.75 Å². The maximum atomic E-state index is 12.5. The Morgan fingerprint density at radius 1 is 1.58 bits per heavy atom. The fourth-order valence-corrected chi connectivity index (χ4v) is 1.96. The number of amides is 1. The van der Waals surface area contributed by atoms with Crippen LogP contribution in [-0.2, 0) is 0 Å². The first-order chi connectivity index (χ1) is 9.15. The Labute approximate surface area is 113 Å². The number of ether oxygens (including phenoxy) is 1.